The standard InChI is InChI=1S/C24H29N3O4/c1-26(21-8-7-20(23(28)29)15-22(21)31-2)17-24(30)10-13-27(14-11-24)12-9-18-3-5-19(16-25)6-4-18/h3-8,15,30H,9-14,17H2,1-2H3,(H,28,29). The Morgan fingerprint density at radius 2 is 1.90 bits per heavy atom. The van der Waals surface area contributed by atoms with Crippen LogP contribution in [0, 0.1) is 11.3 Å². The van der Waals surface area contributed by atoms with Gasteiger partial charge in [0.1, 0.15) is 5.75 Å². The van der Waals surface area contributed by atoms with Crippen LogP contribution < -0.4 is 9.64 Å². The molecule has 0 bridgehead atoms. The van der Waals surface area contributed by atoms with Gasteiger partial charge in [-0.25, -0.2) is 4.79 Å². The van der Waals surface area contributed by atoms with Crippen molar-refractivity contribution in [3.05, 3.63) is 59.2 Å². The lowest BCUT2D eigenvalue weighted by atomic mass is 9.90. The summed E-state index contributed by atoms with van der Waals surface area (Å²) in [4.78, 5) is 15.5. The monoisotopic (exact) mass is 423 g/mol. The van der Waals surface area contributed by atoms with E-state index in [1.54, 1.807) is 12.1 Å². The normalized spacial score (nSPS) is 15.8. The third kappa shape index (κ3) is 5.75. The summed E-state index contributed by atoms with van der Waals surface area (Å²) in [6.45, 7) is 2.99. The first-order valence-electron chi connectivity index (χ1n) is 10.4. The van der Waals surface area contributed by atoms with Gasteiger partial charge in [0, 0.05) is 33.2 Å². The number of nitrogens with zero attached hydrogens (tertiary/aromatic N) is 3. The van der Waals surface area contributed by atoms with Crippen LogP contribution in [0.2, 0.25) is 0 Å². The minimum absolute atomic E-state index is 0.170. The molecule has 0 saturated carbocycles. The second-order valence-electron chi connectivity index (χ2n) is 8.17. The topological polar surface area (TPSA) is 97.0 Å². The largest absolute Gasteiger partial charge is 0.495 e. The number of nitriles is 1. The third-order valence-corrected chi connectivity index (χ3v) is 5.96. The van der Waals surface area contributed by atoms with E-state index in [0.717, 1.165) is 31.7 Å². The number of carboxylic acid groups (broad SMARTS) is 1. The Labute approximate surface area is 183 Å². The third-order valence-electron chi connectivity index (χ3n) is 5.96. The van der Waals surface area contributed by atoms with Gasteiger partial charge >= 0.3 is 5.97 Å². The molecule has 0 aromatic heterocycles. The van der Waals surface area contributed by atoms with E-state index in [-0.39, 0.29) is 5.56 Å². The number of hydrogen-bond acceptors (Lipinski definition) is 6. The van der Waals surface area contributed by atoms with Crippen LogP contribution in [0.3, 0.4) is 0 Å². The Hall–Kier alpha value is -3.08. The summed E-state index contributed by atoms with van der Waals surface area (Å²) in [6, 6.07) is 14.6. The zero-order valence-electron chi connectivity index (χ0n) is 18.0. The number of likely N-dealkylation sites (tertiary alicyclic amines) is 1. The maximum Gasteiger partial charge on any atom is 0.335 e. The van der Waals surface area contributed by atoms with Gasteiger partial charge in [-0.2, -0.15) is 5.26 Å². The van der Waals surface area contributed by atoms with E-state index < -0.39 is 11.6 Å². The van der Waals surface area contributed by atoms with E-state index in [2.05, 4.69) is 11.0 Å². The Morgan fingerprint density at radius 1 is 1.23 bits per heavy atom. The molecule has 0 atom stereocenters. The average molecular weight is 424 g/mol. The van der Waals surface area contributed by atoms with Crippen LogP contribution in [-0.2, 0) is 6.42 Å². The van der Waals surface area contributed by atoms with Crippen LogP contribution in [-0.4, -0.2) is 67.0 Å². The first-order chi connectivity index (χ1) is 14.8. The zero-order valence-corrected chi connectivity index (χ0v) is 18.0. The molecule has 31 heavy (non-hydrogen) atoms. The molecular formula is C24H29N3O4. The Balaban J connectivity index is 1.54. The first kappa shape index (κ1) is 22.6. The Kier molecular flexibility index (Phi) is 7.16. The van der Waals surface area contributed by atoms with Gasteiger partial charge in [-0.15, -0.1) is 0 Å². The van der Waals surface area contributed by atoms with Gasteiger partial charge in [0.2, 0.25) is 0 Å². The minimum atomic E-state index is -1.00. The summed E-state index contributed by atoms with van der Waals surface area (Å²) in [7, 11) is 3.40. The lowest BCUT2D eigenvalue weighted by Gasteiger charge is -2.41. The van der Waals surface area contributed by atoms with E-state index in [1.807, 2.05) is 36.2 Å². The molecule has 3 rings (SSSR count). The summed E-state index contributed by atoms with van der Waals surface area (Å²) >= 11 is 0. The molecule has 0 amide bonds. The number of rotatable bonds is 8. The second kappa shape index (κ2) is 9.82. The molecule has 1 aliphatic rings. The molecule has 0 spiro atoms. The number of carbonyl (C=O) groups is 1. The summed E-state index contributed by atoms with van der Waals surface area (Å²) in [5.74, 6) is -0.523. The molecule has 1 fully saturated rings. The number of ether oxygens (including phenoxy) is 1. The summed E-state index contributed by atoms with van der Waals surface area (Å²) in [6.07, 6.45) is 2.25. The number of aliphatic hydroxyl groups is 1. The number of carboxylic acids is 1. The van der Waals surface area contributed by atoms with Gasteiger partial charge in [0.25, 0.3) is 0 Å². The highest BCUT2D eigenvalue weighted by atomic mass is 16.5. The summed E-state index contributed by atoms with van der Waals surface area (Å²) in [5.41, 5.74) is 1.99. The van der Waals surface area contributed by atoms with Crippen LogP contribution in [0.15, 0.2) is 42.5 Å². The fourth-order valence-electron chi connectivity index (χ4n) is 4.04. The summed E-state index contributed by atoms with van der Waals surface area (Å²) < 4.78 is 5.37. The fraction of sp³-hybridized carbons (Fsp3) is 0.417. The molecule has 1 saturated heterocycles. The van der Waals surface area contributed by atoms with Gasteiger partial charge in [-0.1, -0.05) is 12.1 Å². The quantitative estimate of drug-likeness (QED) is 0.674. The Morgan fingerprint density at radius 3 is 2.48 bits per heavy atom. The van der Waals surface area contributed by atoms with E-state index in [0.29, 0.717) is 30.7 Å². The van der Waals surface area contributed by atoms with Gasteiger partial charge in [-0.3, -0.25) is 0 Å². The molecule has 0 radical (unpaired) electrons. The van der Waals surface area contributed by atoms with Crippen molar-refractivity contribution in [1.82, 2.24) is 4.90 Å². The number of benzene rings is 2. The number of hydrogen-bond donors (Lipinski definition) is 2. The summed E-state index contributed by atoms with van der Waals surface area (Å²) in [5, 5.41) is 29.2. The van der Waals surface area contributed by atoms with Crippen molar-refractivity contribution in [3.63, 3.8) is 0 Å². The van der Waals surface area contributed by atoms with Crippen molar-refractivity contribution >= 4 is 11.7 Å². The molecule has 1 aliphatic heterocycles. The van der Waals surface area contributed by atoms with E-state index in [1.165, 1.54) is 18.7 Å². The van der Waals surface area contributed by atoms with E-state index >= 15 is 0 Å². The maximum absolute atomic E-state index is 11.2. The molecule has 2 N–H and O–H groups in total. The number of likely N-dealkylation sites (N-methyl/N-ethyl adjacent to an activating group) is 1. The van der Waals surface area contributed by atoms with Gasteiger partial charge < -0.3 is 24.7 Å². The lowest BCUT2D eigenvalue weighted by molar-refractivity contribution is -0.0137. The van der Waals surface area contributed by atoms with Gasteiger partial charge in [0.05, 0.1) is 35.6 Å². The molecule has 7 nitrogen and oxygen atoms in total. The molecule has 7 heteroatoms. The first-order valence-corrected chi connectivity index (χ1v) is 10.4. The van der Waals surface area contributed by atoms with Gasteiger partial charge in [-0.05, 0) is 55.2 Å². The van der Waals surface area contributed by atoms with Gasteiger partial charge in [0.15, 0.2) is 0 Å². The number of methoxy groups -OCH3 is 1. The zero-order chi connectivity index (χ0) is 22.4. The van der Waals surface area contributed by atoms with E-state index in [9.17, 15) is 15.0 Å². The molecule has 1 heterocycles. The molecule has 2 aromatic carbocycles. The molecule has 164 valence electrons. The lowest BCUT2D eigenvalue weighted by Crippen LogP contribution is -2.50. The van der Waals surface area contributed by atoms with Crippen LogP contribution in [0.5, 0.6) is 5.75 Å². The minimum Gasteiger partial charge on any atom is -0.495 e. The molecular weight excluding hydrogens is 394 g/mol. The maximum atomic E-state index is 11.2. The SMILES string of the molecule is COc1cc(C(=O)O)ccc1N(C)CC1(O)CCN(CCc2ccc(C#N)cc2)CC1. The predicted octanol–water partition coefficient (Wildman–Crippen LogP) is 2.77. The van der Waals surface area contributed by atoms with Crippen LogP contribution in [0.4, 0.5) is 5.69 Å². The van der Waals surface area contributed by atoms with Crippen LogP contribution in [0.1, 0.15) is 34.3 Å². The molecule has 2 aromatic rings. The Bertz CT molecular complexity index is 944. The smallest absolute Gasteiger partial charge is 0.335 e. The highest BCUT2D eigenvalue weighted by molar-refractivity contribution is 5.89. The number of aromatic carboxylic acids is 1. The highest BCUT2D eigenvalue weighted by Crippen LogP contribution is 2.32. The molecule has 0 unspecified atom stereocenters. The van der Waals surface area contributed by atoms with Crippen molar-refractivity contribution in [2.45, 2.75) is 24.9 Å². The number of anilines is 1. The number of piperidine rings is 1. The van der Waals surface area contributed by atoms with E-state index in [4.69, 9.17) is 10.00 Å². The second-order valence-corrected chi connectivity index (χ2v) is 8.17. The van der Waals surface area contributed by atoms with Crippen molar-refractivity contribution in [3.8, 4) is 11.8 Å². The highest BCUT2D eigenvalue weighted by Gasteiger charge is 2.33. The molecule has 0 aliphatic carbocycles. The van der Waals surface area contributed by atoms with Crippen LogP contribution >= 0.6 is 0 Å². The van der Waals surface area contributed by atoms with Crippen molar-refractivity contribution in [2.24, 2.45) is 0 Å². The van der Waals surface area contributed by atoms with Crippen molar-refractivity contribution in [1.29, 1.82) is 5.26 Å². The average Bonchev–Trinajstić information content (AvgIpc) is 2.78. The van der Waals surface area contributed by atoms with Crippen molar-refractivity contribution < 1.29 is 19.7 Å². The van der Waals surface area contributed by atoms with Crippen molar-refractivity contribution in [2.75, 3.05) is 45.2 Å². The fourth-order valence-corrected chi connectivity index (χ4v) is 4.04. The van der Waals surface area contributed by atoms with Crippen LogP contribution in [0.25, 0.3) is 0 Å². The predicted molar refractivity (Wildman–Crippen MR) is 119 cm³/mol.